The van der Waals surface area contributed by atoms with Crippen LogP contribution in [-0.2, 0) is 0 Å². The topological polar surface area (TPSA) is 35.9 Å². The number of nitrogens with zero attached hydrogens (tertiary/aromatic N) is 2. The van der Waals surface area contributed by atoms with Crippen LogP contribution in [0, 0.1) is 13.8 Å². The number of aryl methyl sites for hydroxylation is 2. The van der Waals surface area contributed by atoms with E-state index in [1.165, 1.54) is 11.3 Å². The molecule has 0 amide bonds. The molecule has 1 fully saturated rings. The molecular formula is C23H33ClN2O2. The summed E-state index contributed by atoms with van der Waals surface area (Å²) >= 11 is 0. The van der Waals surface area contributed by atoms with E-state index in [4.69, 9.17) is 4.74 Å². The lowest BCUT2D eigenvalue weighted by Gasteiger charge is -2.36. The summed E-state index contributed by atoms with van der Waals surface area (Å²) in [5.41, 5.74) is 4.64. The molecule has 0 atom stereocenters. The minimum Gasteiger partial charge on any atom is -0.508 e. The van der Waals surface area contributed by atoms with Crippen LogP contribution in [0.1, 0.15) is 36.5 Å². The van der Waals surface area contributed by atoms with Crippen LogP contribution in [0.2, 0.25) is 0 Å². The molecule has 0 bridgehead atoms. The summed E-state index contributed by atoms with van der Waals surface area (Å²) < 4.78 is 6.10. The summed E-state index contributed by atoms with van der Waals surface area (Å²) in [5.74, 6) is 1.57. The van der Waals surface area contributed by atoms with Crippen LogP contribution in [0.3, 0.4) is 0 Å². The molecule has 4 nitrogen and oxygen atoms in total. The van der Waals surface area contributed by atoms with Crippen LogP contribution >= 0.6 is 12.4 Å². The Morgan fingerprint density at radius 2 is 1.68 bits per heavy atom. The third-order valence-corrected chi connectivity index (χ3v) is 5.44. The maximum atomic E-state index is 9.97. The molecule has 0 unspecified atom stereocenters. The monoisotopic (exact) mass is 404 g/mol. The van der Waals surface area contributed by atoms with Gasteiger partial charge in [0.05, 0.1) is 0 Å². The molecule has 3 rings (SSSR count). The van der Waals surface area contributed by atoms with Crippen molar-refractivity contribution in [2.24, 2.45) is 0 Å². The molecule has 1 aliphatic heterocycles. The third-order valence-electron chi connectivity index (χ3n) is 5.44. The van der Waals surface area contributed by atoms with E-state index >= 15 is 0 Å². The fourth-order valence-electron chi connectivity index (χ4n) is 3.68. The van der Waals surface area contributed by atoms with E-state index < -0.39 is 0 Å². The first-order valence-electron chi connectivity index (χ1n) is 9.95. The van der Waals surface area contributed by atoms with Gasteiger partial charge in [-0.1, -0.05) is 32.0 Å². The average Bonchev–Trinajstić information content (AvgIpc) is 2.65. The van der Waals surface area contributed by atoms with Crippen molar-refractivity contribution in [3.8, 4) is 11.5 Å². The van der Waals surface area contributed by atoms with Crippen LogP contribution < -0.4 is 9.64 Å². The Labute approximate surface area is 175 Å². The van der Waals surface area contributed by atoms with Gasteiger partial charge in [-0.2, -0.15) is 0 Å². The Morgan fingerprint density at radius 3 is 2.32 bits per heavy atom. The van der Waals surface area contributed by atoms with E-state index in [9.17, 15) is 5.11 Å². The number of hydrogen-bond donors (Lipinski definition) is 1. The van der Waals surface area contributed by atoms with Crippen LogP contribution in [0.15, 0.2) is 36.4 Å². The van der Waals surface area contributed by atoms with E-state index in [1.807, 2.05) is 19.1 Å². The zero-order valence-corrected chi connectivity index (χ0v) is 18.3. The fourth-order valence-corrected chi connectivity index (χ4v) is 3.68. The summed E-state index contributed by atoms with van der Waals surface area (Å²) in [6.45, 7) is 14.2. The number of benzene rings is 2. The number of anilines is 1. The normalized spacial score (nSPS) is 14.8. The molecule has 0 aliphatic carbocycles. The van der Waals surface area contributed by atoms with Gasteiger partial charge in [0.1, 0.15) is 18.1 Å². The number of aromatic hydroxyl groups is 1. The van der Waals surface area contributed by atoms with Crippen molar-refractivity contribution in [2.75, 3.05) is 44.2 Å². The first-order chi connectivity index (χ1) is 13.0. The summed E-state index contributed by atoms with van der Waals surface area (Å²) in [6, 6.07) is 12.4. The molecule has 1 heterocycles. The molecule has 0 aromatic heterocycles. The highest BCUT2D eigenvalue weighted by atomic mass is 35.5. The van der Waals surface area contributed by atoms with Crippen molar-refractivity contribution in [3.05, 3.63) is 53.1 Å². The number of hydrogen-bond acceptors (Lipinski definition) is 4. The zero-order chi connectivity index (χ0) is 19.4. The number of ether oxygens (including phenoxy) is 1. The van der Waals surface area contributed by atoms with Gasteiger partial charge in [0.2, 0.25) is 0 Å². The van der Waals surface area contributed by atoms with Gasteiger partial charge in [-0.05, 0) is 49.1 Å². The first kappa shape index (κ1) is 22.4. The second kappa shape index (κ2) is 10.0. The molecule has 154 valence electrons. The van der Waals surface area contributed by atoms with Crippen LogP contribution in [0.4, 0.5) is 5.69 Å². The van der Waals surface area contributed by atoms with Gasteiger partial charge in [-0.25, -0.2) is 0 Å². The van der Waals surface area contributed by atoms with Crippen LogP contribution in [0.25, 0.3) is 0 Å². The van der Waals surface area contributed by atoms with Crippen LogP contribution in [-0.4, -0.2) is 49.3 Å². The molecule has 0 spiro atoms. The molecule has 1 N–H and O–H groups in total. The average molecular weight is 405 g/mol. The van der Waals surface area contributed by atoms with Gasteiger partial charge in [-0.15, -0.1) is 12.4 Å². The van der Waals surface area contributed by atoms with Crippen molar-refractivity contribution >= 4 is 18.1 Å². The van der Waals surface area contributed by atoms with Crippen LogP contribution in [0.5, 0.6) is 11.5 Å². The Bertz CT molecular complexity index is 771. The SMILES string of the molecule is Cc1cc(OCCN2CCN(c3ccccc3C)CC2)c(C(C)C)cc1O.Cl. The van der Waals surface area contributed by atoms with E-state index in [2.05, 4.69) is 54.8 Å². The number of halogens is 1. The highest BCUT2D eigenvalue weighted by molar-refractivity contribution is 5.85. The predicted octanol–water partition coefficient (Wildman–Crippen LogP) is 4.76. The molecule has 2 aromatic carbocycles. The molecule has 5 heteroatoms. The number of para-hydroxylation sites is 1. The number of piperazine rings is 1. The maximum Gasteiger partial charge on any atom is 0.123 e. The van der Waals surface area contributed by atoms with Gasteiger partial charge < -0.3 is 14.7 Å². The highest BCUT2D eigenvalue weighted by Crippen LogP contribution is 2.32. The smallest absolute Gasteiger partial charge is 0.123 e. The lowest BCUT2D eigenvalue weighted by molar-refractivity contribution is 0.199. The minimum atomic E-state index is 0. The molecule has 28 heavy (non-hydrogen) atoms. The van der Waals surface area contributed by atoms with Gasteiger partial charge in [-0.3, -0.25) is 4.90 Å². The van der Waals surface area contributed by atoms with Gasteiger partial charge in [0.25, 0.3) is 0 Å². The lowest BCUT2D eigenvalue weighted by atomic mass is 10.00. The standard InChI is InChI=1S/C23H32N2O2.ClH/c1-17(2)20-16-22(26)19(4)15-23(20)27-14-13-24-9-11-25(12-10-24)21-8-6-5-7-18(21)3;/h5-8,15-17,26H,9-14H2,1-4H3;1H. The van der Waals surface area contributed by atoms with Crippen molar-refractivity contribution in [1.29, 1.82) is 0 Å². The summed E-state index contributed by atoms with van der Waals surface area (Å²) in [7, 11) is 0. The highest BCUT2D eigenvalue weighted by Gasteiger charge is 2.18. The number of phenols is 1. The summed E-state index contributed by atoms with van der Waals surface area (Å²) in [6.07, 6.45) is 0. The van der Waals surface area contributed by atoms with E-state index in [0.717, 1.165) is 49.6 Å². The predicted molar refractivity (Wildman–Crippen MR) is 120 cm³/mol. The first-order valence-corrected chi connectivity index (χ1v) is 9.95. The quantitative estimate of drug-likeness (QED) is 0.753. The Balaban J connectivity index is 0.00000280. The van der Waals surface area contributed by atoms with Gasteiger partial charge >= 0.3 is 0 Å². The summed E-state index contributed by atoms with van der Waals surface area (Å²) in [4.78, 5) is 4.95. The zero-order valence-electron chi connectivity index (χ0n) is 17.4. The van der Waals surface area contributed by atoms with Crippen molar-refractivity contribution in [3.63, 3.8) is 0 Å². The minimum absolute atomic E-state index is 0. The molecule has 1 aliphatic rings. The molecule has 0 radical (unpaired) electrons. The molecule has 1 saturated heterocycles. The Hall–Kier alpha value is -1.91. The Morgan fingerprint density at radius 1 is 1.00 bits per heavy atom. The largest absolute Gasteiger partial charge is 0.508 e. The van der Waals surface area contributed by atoms with Gasteiger partial charge in [0.15, 0.2) is 0 Å². The second-order valence-electron chi connectivity index (χ2n) is 7.79. The fraction of sp³-hybridized carbons (Fsp3) is 0.478. The van der Waals surface area contributed by atoms with E-state index in [-0.39, 0.29) is 12.4 Å². The molecule has 0 saturated carbocycles. The van der Waals surface area contributed by atoms with E-state index in [1.54, 1.807) is 0 Å². The molecule has 2 aromatic rings. The number of rotatable bonds is 6. The molecular weight excluding hydrogens is 372 g/mol. The van der Waals surface area contributed by atoms with Crippen molar-refractivity contribution < 1.29 is 9.84 Å². The summed E-state index contributed by atoms with van der Waals surface area (Å²) in [5, 5.41) is 9.97. The lowest BCUT2D eigenvalue weighted by Crippen LogP contribution is -2.47. The van der Waals surface area contributed by atoms with Crippen molar-refractivity contribution in [1.82, 2.24) is 4.90 Å². The Kier molecular flexibility index (Phi) is 8.02. The maximum absolute atomic E-state index is 9.97. The van der Waals surface area contributed by atoms with Gasteiger partial charge in [0, 0.05) is 44.0 Å². The van der Waals surface area contributed by atoms with E-state index in [0.29, 0.717) is 18.3 Å². The third kappa shape index (κ3) is 5.33. The second-order valence-corrected chi connectivity index (χ2v) is 7.79. The van der Waals surface area contributed by atoms with Crippen molar-refractivity contribution in [2.45, 2.75) is 33.6 Å². The number of phenolic OH excluding ortho intramolecular Hbond substituents is 1.